The van der Waals surface area contributed by atoms with Crippen molar-refractivity contribution in [2.45, 2.75) is 12.8 Å². The summed E-state index contributed by atoms with van der Waals surface area (Å²) in [5.41, 5.74) is 2.99. The molecule has 0 saturated carbocycles. The van der Waals surface area contributed by atoms with E-state index in [-0.39, 0.29) is 12.4 Å². The number of aromatic hydroxyl groups is 1. The largest absolute Gasteiger partial charge is 0.508 e. The molecule has 2 rings (SSSR count). The van der Waals surface area contributed by atoms with Crippen molar-refractivity contribution >= 4 is 0 Å². The highest BCUT2D eigenvalue weighted by Crippen LogP contribution is 2.22. The van der Waals surface area contributed by atoms with Gasteiger partial charge in [-0.3, -0.25) is 0 Å². The molecule has 2 aromatic carbocycles. The molecule has 0 aliphatic heterocycles. The molecule has 0 amide bonds. The lowest BCUT2D eigenvalue weighted by atomic mass is 10.0. The third-order valence-corrected chi connectivity index (χ3v) is 3.10. The highest BCUT2D eigenvalue weighted by molar-refractivity contribution is 5.39. The van der Waals surface area contributed by atoms with Crippen molar-refractivity contribution in [3.63, 3.8) is 0 Å². The molecule has 3 nitrogen and oxygen atoms in total. The van der Waals surface area contributed by atoms with E-state index in [1.165, 1.54) is 0 Å². The number of aliphatic hydroxyl groups excluding tert-OH is 1. The fourth-order valence-corrected chi connectivity index (χ4v) is 2.03. The lowest BCUT2D eigenvalue weighted by Gasteiger charge is -2.07. The summed E-state index contributed by atoms with van der Waals surface area (Å²) < 4.78 is 5.12. The number of hydrogen-bond donors (Lipinski definition) is 2. The standard InChI is InChI=1S/C16H18O3/c1-19-15-6-3-12(4-7-15)10-13-2-5-14(8-9-17)16(18)11-13/h2-7,11,17-18H,8-10H2,1H3. The van der Waals surface area contributed by atoms with Gasteiger partial charge in [0, 0.05) is 6.61 Å². The number of phenols is 1. The molecule has 0 saturated heterocycles. The van der Waals surface area contributed by atoms with Crippen LogP contribution in [0.5, 0.6) is 11.5 Å². The summed E-state index contributed by atoms with van der Waals surface area (Å²) in [4.78, 5) is 0. The Labute approximate surface area is 113 Å². The SMILES string of the molecule is COc1ccc(Cc2ccc(CCO)c(O)c2)cc1. The summed E-state index contributed by atoms with van der Waals surface area (Å²) in [6.07, 6.45) is 1.24. The molecule has 0 radical (unpaired) electrons. The van der Waals surface area contributed by atoms with Gasteiger partial charge in [0.15, 0.2) is 0 Å². The molecular formula is C16H18O3. The first kappa shape index (κ1) is 13.4. The van der Waals surface area contributed by atoms with E-state index in [1.807, 2.05) is 36.4 Å². The fourth-order valence-electron chi connectivity index (χ4n) is 2.03. The smallest absolute Gasteiger partial charge is 0.119 e. The second kappa shape index (κ2) is 6.25. The highest BCUT2D eigenvalue weighted by Gasteiger charge is 2.03. The van der Waals surface area contributed by atoms with Crippen LogP contribution in [0.2, 0.25) is 0 Å². The van der Waals surface area contributed by atoms with Crippen LogP contribution < -0.4 is 4.74 Å². The molecule has 2 N–H and O–H groups in total. The minimum Gasteiger partial charge on any atom is -0.508 e. The Morgan fingerprint density at radius 1 is 1.00 bits per heavy atom. The summed E-state index contributed by atoms with van der Waals surface area (Å²) in [5.74, 6) is 1.09. The third kappa shape index (κ3) is 3.48. The van der Waals surface area contributed by atoms with E-state index in [1.54, 1.807) is 13.2 Å². The average molecular weight is 258 g/mol. The number of benzene rings is 2. The lowest BCUT2D eigenvalue weighted by Crippen LogP contribution is -1.94. The molecule has 0 aliphatic rings. The van der Waals surface area contributed by atoms with Crippen LogP contribution in [0.3, 0.4) is 0 Å². The van der Waals surface area contributed by atoms with Crippen LogP contribution in [0.15, 0.2) is 42.5 Å². The maximum absolute atomic E-state index is 9.85. The van der Waals surface area contributed by atoms with Gasteiger partial charge in [-0.25, -0.2) is 0 Å². The molecule has 0 aromatic heterocycles. The molecule has 0 aliphatic carbocycles. The summed E-state index contributed by atoms with van der Waals surface area (Å²) in [5, 5.41) is 18.7. The van der Waals surface area contributed by atoms with Crippen molar-refractivity contribution in [3.8, 4) is 11.5 Å². The van der Waals surface area contributed by atoms with Crippen LogP contribution in [0.25, 0.3) is 0 Å². The van der Waals surface area contributed by atoms with E-state index in [2.05, 4.69) is 0 Å². The van der Waals surface area contributed by atoms with E-state index in [4.69, 9.17) is 9.84 Å². The monoisotopic (exact) mass is 258 g/mol. The van der Waals surface area contributed by atoms with Crippen LogP contribution >= 0.6 is 0 Å². The number of hydrogen-bond acceptors (Lipinski definition) is 3. The number of aliphatic hydroxyl groups is 1. The van der Waals surface area contributed by atoms with Gasteiger partial charge >= 0.3 is 0 Å². The molecule has 0 bridgehead atoms. The maximum atomic E-state index is 9.85. The van der Waals surface area contributed by atoms with Crippen molar-refractivity contribution in [2.24, 2.45) is 0 Å². The van der Waals surface area contributed by atoms with E-state index in [0.717, 1.165) is 28.9 Å². The Morgan fingerprint density at radius 2 is 1.68 bits per heavy atom. The molecule has 3 heteroatoms. The molecule has 0 heterocycles. The Balaban J connectivity index is 2.11. The number of ether oxygens (including phenoxy) is 1. The number of methoxy groups -OCH3 is 1. The van der Waals surface area contributed by atoms with Crippen LogP contribution in [-0.4, -0.2) is 23.9 Å². The van der Waals surface area contributed by atoms with Crippen LogP contribution in [0.4, 0.5) is 0 Å². The summed E-state index contributed by atoms with van der Waals surface area (Å²) in [7, 11) is 1.65. The number of phenolic OH excluding ortho intramolecular Hbond substituents is 1. The van der Waals surface area contributed by atoms with Gasteiger partial charge in [0.2, 0.25) is 0 Å². The zero-order chi connectivity index (χ0) is 13.7. The van der Waals surface area contributed by atoms with Gasteiger partial charge in [-0.05, 0) is 47.7 Å². The van der Waals surface area contributed by atoms with Gasteiger partial charge < -0.3 is 14.9 Å². The van der Waals surface area contributed by atoms with Crippen molar-refractivity contribution < 1.29 is 14.9 Å². The van der Waals surface area contributed by atoms with Gasteiger partial charge in [-0.2, -0.15) is 0 Å². The van der Waals surface area contributed by atoms with Crippen molar-refractivity contribution in [2.75, 3.05) is 13.7 Å². The first-order valence-electron chi connectivity index (χ1n) is 6.27. The van der Waals surface area contributed by atoms with E-state index in [0.29, 0.717) is 6.42 Å². The molecule has 0 unspecified atom stereocenters. The maximum Gasteiger partial charge on any atom is 0.119 e. The Morgan fingerprint density at radius 3 is 2.26 bits per heavy atom. The van der Waals surface area contributed by atoms with Crippen molar-refractivity contribution in [3.05, 3.63) is 59.2 Å². The van der Waals surface area contributed by atoms with Crippen LogP contribution in [0, 0.1) is 0 Å². The normalized spacial score (nSPS) is 10.4. The molecule has 2 aromatic rings. The molecule has 0 fully saturated rings. The summed E-state index contributed by atoms with van der Waals surface area (Å²) in [6, 6.07) is 13.5. The summed E-state index contributed by atoms with van der Waals surface area (Å²) >= 11 is 0. The van der Waals surface area contributed by atoms with Crippen molar-refractivity contribution in [1.29, 1.82) is 0 Å². The molecule has 0 atom stereocenters. The van der Waals surface area contributed by atoms with Gasteiger partial charge in [-0.15, -0.1) is 0 Å². The molecule has 19 heavy (non-hydrogen) atoms. The Hall–Kier alpha value is -2.00. The van der Waals surface area contributed by atoms with Crippen molar-refractivity contribution in [1.82, 2.24) is 0 Å². The minimum absolute atomic E-state index is 0.0470. The zero-order valence-corrected chi connectivity index (χ0v) is 11.0. The van der Waals surface area contributed by atoms with Crippen LogP contribution in [0.1, 0.15) is 16.7 Å². The molecule has 0 spiro atoms. The first-order chi connectivity index (χ1) is 9.22. The molecule has 100 valence electrons. The predicted molar refractivity (Wildman–Crippen MR) is 74.7 cm³/mol. The first-order valence-corrected chi connectivity index (χ1v) is 6.27. The van der Waals surface area contributed by atoms with E-state index >= 15 is 0 Å². The average Bonchev–Trinajstić information content (AvgIpc) is 2.43. The fraction of sp³-hybridized carbons (Fsp3) is 0.250. The predicted octanol–water partition coefficient (Wildman–Crippen LogP) is 2.53. The Bertz CT molecular complexity index is 532. The van der Waals surface area contributed by atoms with E-state index < -0.39 is 0 Å². The zero-order valence-electron chi connectivity index (χ0n) is 11.0. The quantitative estimate of drug-likeness (QED) is 0.866. The van der Waals surface area contributed by atoms with Crippen LogP contribution in [-0.2, 0) is 12.8 Å². The third-order valence-electron chi connectivity index (χ3n) is 3.10. The van der Waals surface area contributed by atoms with Gasteiger partial charge in [0.25, 0.3) is 0 Å². The Kier molecular flexibility index (Phi) is 4.42. The van der Waals surface area contributed by atoms with Gasteiger partial charge in [0.05, 0.1) is 7.11 Å². The number of rotatable bonds is 5. The topological polar surface area (TPSA) is 49.7 Å². The minimum atomic E-state index is 0.0470. The van der Waals surface area contributed by atoms with Gasteiger partial charge in [-0.1, -0.05) is 24.3 Å². The molecular weight excluding hydrogens is 240 g/mol. The van der Waals surface area contributed by atoms with Gasteiger partial charge in [0.1, 0.15) is 11.5 Å². The highest BCUT2D eigenvalue weighted by atomic mass is 16.5. The lowest BCUT2D eigenvalue weighted by molar-refractivity contribution is 0.297. The summed E-state index contributed by atoms with van der Waals surface area (Å²) in [6.45, 7) is 0.0470. The van der Waals surface area contributed by atoms with E-state index in [9.17, 15) is 5.11 Å². The second-order valence-corrected chi connectivity index (χ2v) is 4.46. The second-order valence-electron chi connectivity index (χ2n) is 4.46.